The molecule has 0 aromatic carbocycles. The second kappa shape index (κ2) is 7.00. The van der Waals surface area contributed by atoms with E-state index in [0.29, 0.717) is 17.6 Å². The summed E-state index contributed by atoms with van der Waals surface area (Å²) in [5.41, 5.74) is 0.681. The summed E-state index contributed by atoms with van der Waals surface area (Å²) in [6.45, 7) is 4.54. The van der Waals surface area contributed by atoms with E-state index >= 15 is 0 Å². The molecule has 1 aromatic heterocycles. The number of hydrogen-bond donors (Lipinski definition) is 1. The monoisotopic (exact) mass is 277 g/mol. The molecular formula is C14H19N3O3. The first kappa shape index (κ1) is 14.5. The maximum Gasteiger partial charge on any atom is 0.328 e. The van der Waals surface area contributed by atoms with Crippen LogP contribution >= 0.6 is 0 Å². The van der Waals surface area contributed by atoms with Crippen LogP contribution in [0.5, 0.6) is 0 Å². The minimum Gasteiger partial charge on any atom is -0.478 e. The first-order valence-corrected chi connectivity index (χ1v) is 6.78. The summed E-state index contributed by atoms with van der Waals surface area (Å²) in [5.74, 6) is -0.292. The minimum absolute atomic E-state index is 0.342. The molecule has 2 heterocycles. The van der Waals surface area contributed by atoms with Gasteiger partial charge in [0.15, 0.2) is 0 Å². The van der Waals surface area contributed by atoms with Gasteiger partial charge in [0.2, 0.25) is 5.95 Å². The highest BCUT2D eigenvalue weighted by Crippen LogP contribution is 2.18. The standard InChI is InChI=1S/C14H19N3O3/c1-2-20-12-5-7-17(8-6-12)14-15-9-11(10-16-14)3-4-13(18)19/h3-4,9-10,12H,2,5-8H2,1H3,(H,18,19)/b4-3+. The van der Waals surface area contributed by atoms with Gasteiger partial charge < -0.3 is 14.7 Å². The van der Waals surface area contributed by atoms with Crippen molar-refractivity contribution >= 4 is 18.0 Å². The summed E-state index contributed by atoms with van der Waals surface area (Å²) in [6, 6.07) is 0. The van der Waals surface area contributed by atoms with Crippen LogP contribution < -0.4 is 4.90 Å². The summed E-state index contributed by atoms with van der Waals surface area (Å²) in [7, 11) is 0. The lowest BCUT2D eigenvalue weighted by Gasteiger charge is -2.31. The van der Waals surface area contributed by atoms with E-state index in [2.05, 4.69) is 14.9 Å². The fraction of sp³-hybridized carbons (Fsp3) is 0.500. The van der Waals surface area contributed by atoms with Crippen LogP contribution in [0.3, 0.4) is 0 Å². The predicted molar refractivity (Wildman–Crippen MR) is 75.6 cm³/mol. The van der Waals surface area contributed by atoms with Gasteiger partial charge in [-0.2, -0.15) is 0 Å². The van der Waals surface area contributed by atoms with E-state index in [4.69, 9.17) is 9.84 Å². The Morgan fingerprint density at radius 2 is 2.10 bits per heavy atom. The first-order chi connectivity index (χ1) is 9.69. The summed E-state index contributed by atoms with van der Waals surface area (Å²) in [6.07, 6.45) is 8.14. The highest BCUT2D eigenvalue weighted by molar-refractivity contribution is 5.85. The van der Waals surface area contributed by atoms with Crippen molar-refractivity contribution in [3.63, 3.8) is 0 Å². The Labute approximate surface area is 118 Å². The molecule has 0 spiro atoms. The van der Waals surface area contributed by atoms with Crippen molar-refractivity contribution in [2.75, 3.05) is 24.6 Å². The number of aliphatic carboxylic acids is 1. The molecule has 0 unspecified atom stereocenters. The van der Waals surface area contributed by atoms with Gasteiger partial charge in [0.05, 0.1) is 6.10 Å². The fourth-order valence-electron chi connectivity index (χ4n) is 2.21. The molecule has 1 N–H and O–H groups in total. The van der Waals surface area contributed by atoms with E-state index in [9.17, 15) is 4.79 Å². The Hall–Kier alpha value is -1.95. The molecule has 20 heavy (non-hydrogen) atoms. The quantitative estimate of drug-likeness (QED) is 0.824. The molecule has 108 valence electrons. The molecule has 1 aromatic rings. The van der Waals surface area contributed by atoms with Crippen molar-refractivity contribution < 1.29 is 14.6 Å². The SMILES string of the molecule is CCOC1CCN(c2ncc(/C=C/C(=O)O)cn2)CC1. The van der Waals surface area contributed by atoms with Crippen LogP contribution in [-0.4, -0.2) is 46.8 Å². The van der Waals surface area contributed by atoms with Crippen molar-refractivity contribution in [2.24, 2.45) is 0 Å². The van der Waals surface area contributed by atoms with Crippen molar-refractivity contribution in [2.45, 2.75) is 25.9 Å². The van der Waals surface area contributed by atoms with Crippen LogP contribution in [0.1, 0.15) is 25.3 Å². The zero-order valence-corrected chi connectivity index (χ0v) is 11.5. The lowest BCUT2D eigenvalue weighted by atomic mass is 10.1. The van der Waals surface area contributed by atoms with Gasteiger partial charge in [-0.05, 0) is 25.8 Å². The number of rotatable bonds is 5. The number of piperidine rings is 1. The van der Waals surface area contributed by atoms with Crippen LogP contribution in [0, 0.1) is 0 Å². The molecule has 1 fully saturated rings. The maximum atomic E-state index is 10.4. The number of anilines is 1. The summed E-state index contributed by atoms with van der Waals surface area (Å²) in [4.78, 5) is 21.1. The van der Waals surface area contributed by atoms with Gasteiger partial charge in [-0.3, -0.25) is 0 Å². The summed E-state index contributed by atoms with van der Waals surface area (Å²) >= 11 is 0. The highest BCUT2D eigenvalue weighted by Gasteiger charge is 2.20. The lowest BCUT2D eigenvalue weighted by Crippen LogP contribution is -2.38. The van der Waals surface area contributed by atoms with Gasteiger partial charge in [0, 0.05) is 43.7 Å². The zero-order valence-electron chi connectivity index (χ0n) is 11.5. The normalized spacial score (nSPS) is 16.8. The van der Waals surface area contributed by atoms with Crippen molar-refractivity contribution in [1.29, 1.82) is 0 Å². The molecule has 1 aliphatic rings. The zero-order chi connectivity index (χ0) is 14.4. The smallest absolute Gasteiger partial charge is 0.328 e. The third-order valence-electron chi connectivity index (χ3n) is 3.20. The molecule has 1 aliphatic heterocycles. The summed E-state index contributed by atoms with van der Waals surface area (Å²) in [5, 5.41) is 8.55. The predicted octanol–water partition coefficient (Wildman–Crippen LogP) is 1.58. The second-order valence-corrected chi connectivity index (χ2v) is 4.63. The number of aromatic nitrogens is 2. The van der Waals surface area contributed by atoms with Crippen LogP contribution in [-0.2, 0) is 9.53 Å². The molecule has 0 bridgehead atoms. The highest BCUT2D eigenvalue weighted by atomic mass is 16.5. The van der Waals surface area contributed by atoms with Crippen molar-refractivity contribution in [1.82, 2.24) is 9.97 Å². The largest absolute Gasteiger partial charge is 0.478 e. The molecular weight excluding hydrogens is 258 g/mol. The first-order valence-electron chi connectivity index (χ1n) is 6.78. The van der Waals surface area contributed by atoms with E-state index in [-0.39, 0.29) is 0 Å². The van der Waals surface area contributed by atoms with Crippen molar-refractivity contribution in [3.05, 3.63) is 24.0 Å². The van der Waals surface area contributed by atoms with Gasteiger partial charge >= 0.3 is 5.97 Å². The number of carboxylic acid groups (broad SMARTS) is 1. The lowest BCUT2D eigenvalue weighted by molar-refractivity contribution is -0.131. The Morgan fingerprint density at radius 1 is 1.45 bits per heavy atom. The number of carboxylic acids is 1. The van der Waals surface area contributed by atoms with E-state index in [0.717, 1.165) is 38.6 Å². The van der Waals surface area contributed by atoms with E-state index in [1.165, 1.54) is 6.08 Å². The third-order valence-corrected chi connectivity index (χ3v) is 3.20. The third kappa shape index (κ3) is 4.03. The number of ether oxygens (including phenoxy) is 1. The minimum atomic E-state index is -0.980. The molecule has 0 aliphatic carbocycles. The Balaban J connectivity index is 1.92. The topological polar surface area (TPSA) is 75.5 Å². The van der Waals surface area contributed by atoms with Gasteiger partial charge in [-0.15, -0.1) is 0 Å². The van der Waals surface area contributed by atoms with Crippen LogP contribution in [0.15, 0.2) is 18.5 Å². The fourth-order valence-corrected chi connectivity index (χ4v) is 2.21. The summed E-state index contributed by atoms with van der Waals surface area (Å²) < 4.78 is 5.61. The van der Waals surface area contributed by atoms with Gasteiger partial charge in [0.1, 0.15) is 0 Å². The van der Waals surface area contributed by atoms with E-state index < -0.39 is 5.97 Å². The Bertz CT molecular complexity index is 465. The Morgan fingerprint density at radius 3 is 2.65 bits per heavy atom. The van der Waals surface area contributed by atoms with Crippen molar-refractivity contribution in [3.8, 4) is 0 Å². The maximum absolute atomic E-state index is 10.4. The van der Waals surface area contributed by atoms with Gasteiger partial charge in [-0.1, -0.05) is 0 Å². The average Bonchev–Trinajstić information content (AvgIpc) is 2.47. The molecule has 6 heteroatoms. The van der Waals surface area contributed by atoms with Gasteiger partial charge in [-0.25, -0.2) is 14.8 Å². The molecule has 6 nitrogen and oxygen atoms in total. The van der Waals surface area contributed by atoms with E-state index in [1.807, 2.05) is 6.92 Å². The molecule has 0 atom stereocenters. The second-order valence-electron chi connectivity index (χ2n) is 4.63. The average molecular weight is 277 g/mol. The number of nitrogens with zero attached hydrogens (tertiary/aromatic N) is 3. The van der Waals surface area contributed by atoms with Gasteiger partial charge in [0.25, 0.3) is 0 Å². The number of hydrogen-bond acceptors (Lipinski definition) is 5. The van der Waals surface area contributed by atoms with E-state index in [1.54, 1.807) is 12.4 Å². The molecule has 0 saturated carbocycles. The van der Waals surface area contributed by atoms with Crippen LogP contribution in [0.4, 0.5) is 5.95 Å². The molecule has 2 rings (SSSR count). The van der Waals surface area contributed by atoms with Crippen LogP contribution in [0.25, 0.3) is 6.08 Å². The molecule has 1 saturated heterocycles. The number of carbonyl (C=O) groups is 1. The van der Waals surface area contributed by atoms with Crippen LogP contribution in [0.2, 0.25) is 0 Å². The molecule has 0 radical (unpaired) electrons. The Kier molecular flexibility index (Phi) is 5.06. The molecule has 0 amide bonds.